The van der Waals surface area contributed by atoms with Gasteiger partial charge in [-0.25, -0.2) is 0 Å². The van der Waals surface area contributed by atoms with E-state index in [-0.39, 0.29) is 0 Å². The van der Waals surface area contributed by atoms with E-state index in [0.29, 0.717) is 6.04 Å². The van der Waals surface area contributed by atoms with E-state index in [9.17, 15) is 0 Å². The second-order valence-electron chi connectivity index (χ2n) is 10.4. The minimum atomic E-state index is 0.693. The van der Waals surface area contributed by atoms with E-state index in [2.05, 4.69) is 29.4 Å². The molecule has 3 aliphatic rings. The van der Waals surface area contributed by atoms with Gasteiger partial charge in [0.15, 0.2) is 0 Å². The van der Waals surface area contributed by atoms with Gasteiger partial charge >= 0.3 is 0 Å². The van der Waals surface area contributed by atoms with E-state index in [4.69, 9.17) is 10.5 Å². The molecule has 30 heavy (non-hydrogen) atoms. The lowest BCUT2D eigenvalue weighted by atomic mass is 9.74. The van der Waals surface area contributed by atoms with E-state index >= 15 is 0 Å². The van der Waals surface area contributed by atoms with Gasteiger partial charge in [-0.3, -0.25) is 4.90 Å². The predicted molar refractivity (Wildman–Crippen MR) is 127 cm³/mol. The molecule has 0 radical (unpaired) electrons. The first-order valence-corrected chi connectivity index (χ1v) is 13.2. The lowest BCUT2D eigenvalue weighted by Crippen LogP contribution is -2.50. The highest BCUT2D eigenvalue weighted by molar-refractivity contribution is 4.93. The molecule has 5 atom stereocenters. The summed E-state index contributed by atoms with van der Waals surface area (Å²) < 4.78 is 5.67. The van der Waals surface area contributed by atoms with Gasteiger partial charge in [-0.15, -0.1) is 0 Å². The summed E-state index contributed by atoms with van der Waals surface area (Å²) in [5.74, 6) is 3.39. The molecule has 4 N–H and O–H groups in total. The van der Waals surface area contributed by atoms with Crippen LogP contribution >= 0.6 is 0 Å². The van der Waals surface area contributed by atoms with E-state index in [1.807, 2.05) is 0 Å². The Kier molecular flexibility index (Phi) is 10.9. The number of nitrogens with zero attached hydrogens (tertiary/aromatic N) is 1. The van der Waals surface area contributed by atoms with Crippen molar-refractivity contribution >= 4 is 0 Å². The highest BCUT2D eigenvalue weighted by Gasteiger charge is 2.38. The number of rotatable bonds is 10. The van der Waals surface area contributed by atoms with Gasteiger partial charge in [0.2, 0.25) is 0 Å². The summed E-state index contributed by atoms with van der Waals surface area (Å²) in [5.41, 5.74) is 5.58. The Hall–Kier alpha value is -0.200. The second-order valence-corrected chi connectivity index (χ2v) is 10.4. The van der Waals surface area contributed by atoms with Crippen molar-refractivity contribution in [2.24, 2.45) is 29.4 Å². The second kappa shape index (κ2) is 13.4. The fourth-order valence-electron chi connectivity index (χ4n) is 6.37. The molecule has 3 heterocycles. The number of nitrogens with two attached hydrogens (primary N) is 1. The summed E-state index contributed by atoms with van der Waals surface area (Å²) in [6.45, 7) is 13.6. The SMILES string of the molecule is CC1CC(C2CCOCC2)CC[C@@H]2CCCN2[C@H](CNCCNCCCCN)C1C. The van der Waals surface area contributed by atoms with Crippen molar-refractivity contribution in [2.45, 2.75) is 83.7 Å². The van der Waals surface area contributed by atoms with Crippen molar-refractivity contribution < 1.29 is 4.74 Å². The van der Waals surface area contributed by atoms with Gasteiger partial charge in [0.25, 0.3) is 0 Å². The Morgan fingerprint density at radius 3 is 2.50 bits per heavy atom. The van der Waals surface area contributed by atoms with Gasteiger partial charge in [0, 0.05) is 44.9 Å². The van der Waals surface area contributed by atoms with Crippen LogP contribution in [0.4, 0.5) is 0 Å². The maximum atomic E-state index is 5.67. The van der Waals surface area contributed by atoms with Crippen molar-refractivity contribution in [1.82, 2.24) is 15.5 Å². The average Bonchev–Trinajstić information content (AvgIpc) is 3.24. The fourth-order valence-corrected chi connectivity index (χ4v) is 6.37. The quantitative estimate of drug-likeness (QED) is 0.472. The molecular weight excluding hydrogens is 372 g/mol. The third kappa shape index (κ3) is 7.16. The Bertz CT molecular complexity index is 456. The standard InChI is InChI=1S/C25H50N4O/c1-20-18-23(22-9-16-30-17-10-22)7-8-24-6-5-15-29(24)25(21(20)2)19-28-14-13-27-12-4-3-11-26/h20-25,27-28H,3-19,26H2,1-2H3/t20?,21?,23?,24-,25+/m0/s1. The van der Waals surface area contributed by atoms with Crippen LogP contribution in [-0.4, -0.2) is 69.5 Å². The molecule has 0 amide bonds. The smallest absolute Gasteiger partial charge is 0.0468 e. The fraction of sp³-hybridized carbons (Fsp3) is 1.00. The minimum absolute atomic E-state index is 0.693. The summed E-state index contributed by atoms with van der Waals surface area (Å²) in [6.07, 6.45) is 12.0. The lowest BCUT2D eigenvalue weighted by molar-refractivity contribution is 0.0380. The third-order valence-corrected chi connectivity index (χ3v) is 8.47. The van der Waals surface area contributed by atoms with Crippen LogP contribution in [-0.2, 0) is 4.74 Å². The van der Waals surface area contributed by atoms with Crippen molar-refractivity contribution in [3.8, 4) is 0 Å². The van der Waals surface area contributed by atoms with Gasteiger partial charge in [0.05, 0.1) is 0 Å². The van der Waals surface area contributed by atoms with Gasteiger partial charge < -0.3 is 21.1 Å². The van der Waals surface area contributed by atoms with Gasteiger partial charge in [-0.2, -0.15) is 0 Å². The molecule has 0 bridgehead atoms. The summed E-state index contributed by atoms with van der Waals surface area (Å²) in [6, 6.07) is 1.51. The van der Waals surface area contributed by atoms with Crippen LogP contribution in [0.1, 0.15) is 71.6 Å². The molecule has 5 heteroatoms. The first kappa shape index (κ1) is 24.4. The summed E-state index contributed by atoms with van der Waals surface area (Å²) in [7, 11) is 0. The molecule has 0 aliphatic carbocycles. The molecule has 176 valence electrons. The van der Waals surface area contributed by atoms with Crippen LogP contribution in [0, 0.1) is 23.7 Å². The summed E-state index contributed by atoms with van der Waals surface area (Å²) in [4.78, 5) is 2.91. The zero-order valence-corrected chi connectivity index (χ0v) is 19.9. The Balaban J connectivity index is 1.52. The maximum Gasteiger partial charge on any atom is 0.0468 e. The van der Waals surface area contributed by atoms with Crippen LogP contribution in [0.3, 0.4) is 0 Å². The maximum absolute atomic E-state index is 5.67. The molecule has 0 aromatic carbocycles. The highest BCUT2D eigenvalue weighted by atomic mass is 16.5. The largest absolute Gasteiger partial charge is 0.381 e. The Labute approximate surface area is 186 Å². The van der Waals surface area contributed by atoms with E-state index in [1.54, 1.807) is 0 Å². The van der Waals surface area contributed by atoms with Crippen molar-refractivity contribution in [3.05, 3.63) is 0 Å². The first-order valence-electron chi connectivity index (χ1n) is 13.2. The van der Waals surface area contributed by atoms with Crippen molar-refractivity contribution in [1.29, 1.82) is 0 Å². The predicted octanol–water partition coefficient (Wildman–Crippen LogP) is 3.24. The lowest BCUT2D eigenvalue weighted by Gasteiger charge is -2.39. The summed E-state index contributed by atoms with van der Waals surface area (Å²) >= 11 is 0. The van der Waals surface area contributed by atoms with Gasteiger partial charge in [-0.1, -0.05) is 13.8 Å². The molecule has 0 saturated carbocycles. The molecule has 3 rings (SSSR count). The number of fused-ring (bicyclic) bond motifs is 1. The number of ether oxygens (including phenoxy) is 1. The average molecular weight is 423 g/mol. The molecule has 3 aliphatic heterocycles. The topological polar surface area (TPSA) is 62.5 Å². The summed E-state index contributed by atoms with van der Waals surface area (Å²) in [5, 5.41) is 7.36. The number of nitrogens with one attached hydrogen (secondary N) is 2. The normalized spacial score (nSPS) is 34.3. The van der Waals surface area contributed by atoms with E-state index < -0.39 is 0 Å². The van der Waals surface area contributed by atoms with Crippen molar-refractivity contribution in [2.75, 3.05) is 52.5 Å². The van der Waals surface area contributed by atoms with E-state index in [1.165, 1.54) is 57.9 Å². The monoisotopic (exact) mass is 422 g/mol. The van der Waals surface area contributed by atoms with Crippen molar-refractivity contribution in [3.63, 3.8) is 0 Å². The molecule has 3 fully saturated rings. The van der Waals surface area contributed by atoms with E-state index in [0.717, 1.165) is 82.1 Å². The number of unbranched alkanes of at least 4 members (excludes halogenated alkanes) is 1. The molecule has 0 aromatic rings. The van der Waals surface area contributed by atoms with Crippen LogP contribution in [0.2, 0.25) is 0 Å². The molecular formula is C25H50N4O. The zero-order valence-electron chi connectivity index (χ0n) is 19.9. The Morgan fingerprint density at radius 1 is 0.900 bits per heavy atom. The first-order chi connectivity index (χ1) is 14.7. The molecule has 0 aromatic heterocycles. The third-order valence-electron chi connectivity index (χ3n) is 8.47. The van der Waals surface area contributed by atoms with Crippen LogP contribution in [0.5, 0.6) is 0 Å². The Morgan fingerprint density at radius 2 is 1.70 bits per heavy atom. The van der Waals surface area contributed by atoms with Crippen LogP contribution in [0.25, 0.3) is 0 Å². The number of hydrogen-bond donors (Lipinski definition) is 3. The molecule has 0 spiro atoms. The molecule has 3 saturated heterocycles. The molecule has 3 unspecified atom stereocenters. The van der Waals surface area contributed by atoms with Gasteiger partial charge in [0.1, 0.15) is 0 Å². The van der Waals surface area contributed by atoms with Gasteiger partial charge in [-0.05, 0) is 101 Å². The van der Waals surface area contributed by atoms with Crippen LogP contribution < -0.4 is 16.4 Å². The highest BCUT2D eigenvalue weighted by Crippen LogP contribution is 2.40. The minimum Gasteiger partial charge on any atom is -0.381 e. The van der Waals surface area contributed by atoms with Crippen LogP contribution in [0.15, 0.2) is 0 Å². The zero-order chi connectivity index (χ0) is 21.2. The number of hydrogen-bond acceptors (Lipinski definition) is 5. The molecule has 5 nitrogen and oxygen atoms in total.